The second-order valence-corrected chi connectivity index (χ2v) is 4.07. The molecule has 0 radical (unpaired) electrons. The van der Waals surface area contributed by atoms with Gasteiger partial charge in [-0.3, -0.25) is 4.79 Å². The van der Waals surface area contributed by atoms with Crippen molar-refractivity contribution in [2.75, 3.05) is 0 Å². The Bertz CT molecular complexity index is 501. The van der Waals surface area contributed by atoms with Crippen LogP contribution in [-0.2, 0) is 6.54 Å². The molecule has 17 heavy (non-hydrogen) atoms. The summed E-state index contributed by atoms with van der Waals surface area (Å²) in [5, 5.41) is 2.75. The maximum Gasteiger partial charge on any atom is 0.253 e. The van der Waals surface area contributed by atoms with Crippen molar-refractivity contribution in [3.05, 3.63) is 52.8 Å². The van der Waals surface area contributed by atoms with Crippen molar-refractivity contribution in [2.45, 2.75) is 6.54 Å². The predicted molar refractivity (Wildman–Crippen MR) is 65.1 cm³/mol. The maximum atomic E-state index is 11.7. The zero-order valence-corrected chi connectivity index (χ0v) is 10.4. The quantitative estimate of drug-likeness (QED) is 0.872. The summed E-state index contributed by atoms with van der Waals surface area (Å²) in [5.41, 5.74) is 1.28. The Labute approximate surface area is 106 Å². The van der Waals surface area contributed by atoms with Gasteiger partial charge in [0.15, 0.2) is 0 Å². The molecule has 2 aromatic heterocycles. The highest BCUT2D eigenvalue weighted by Gasteiger charge is 2.05. The van der Waals surface area contributed by atoms with E-state index >= 15 is 0 Å². The summed E-state index contributed by atoms with van der Waals surface area (Å²) in [6.07, 6.45) is 4.59. The lowest BCUT2D eigenvalue weighted by Crippen LogP contribution is -2.23. The van der Waals surface area contributed by atoms with Crippen molar-refractivity contribution in [1.29, 1.82) is 0 Å². The monoisotopic (exact) mass is 292 g/mol. The average Bonchev–Trinajstić information content (AvgIpc) is 2.38. The predicted octanol–water partition coefficient (Wildman–Crippen LogP) is 1.56. The van der Waals surface area contributed by atoms with E-state index in [1.807, 2.05) is 0 Å². The zero-order chi connectivity index (χ0) is 12.1. The number of nitrogens with one attached hydrogen (secondary N) is 1. The molecule has 0 bridgehead atoms. The van der Waals surface area contributed by atoms with Gasteiger partial charge in [0.25, 0.3) is 5.91 Å². The Kier molecular flexibility index (Phi) is 3.77. The number of nitrogens with zero attached hydrogens (tertiary/aromatic N) is 3. The van der Waals surface area contributed by atoms with Gasteiger partial charge in [0.1, 0.15) is 10.9 Å². The van der Waals surface area contributed by atoms with Gasteiger partial charge in [-0.05, 0) is 34.1 Å². The SMILES string of the molecule is O=C(NCc1ccncn1)c1ccc(Br)nc1. The lowest BCUT2D eigenvalue weighted by atomic mass is 10.2. The van der Waals surface area contributed by atoms with Crippen molar-refractivity contribution < 1.29 is 4.79 Å². The van der Waals surface area contributed by atoms with E-state index in [4.69, 9.17) is 0 Å². The first-order valence-electron chi connectivity index (χ1n) is 4.90. The zero-order valence-electron chi connectivity index (χ0n) is 8.80. The normalized spacial score (nSPS) is 9.94. The van der Waals surface area contributed by atoms with Gasteiger partial charge in [-0.25, -0.2) is 15.0 Å². The molecular weight excluding hydrogens is 284 g/mol. The van der Waals surface area contributed by atoms with E-state index in [0.717, 1.165) is 5.69 Å². The number of pyridine rings is 1. The summed E-state index contributed by atoms with van der Waals surface area (Å²) in [6.45, 7) is 0.372. The summed E-state index contributed by atoms with van der Waals surface area (Å²) in [4.78, 5) is 23.5. The minimum atomic E-state index is -0.177. The average molecular weight is 293 g/mol. The molecule has 0 saturated heterocycles. The third kappa shape index (κ3) is 3.32. The maximum absolute atomic E-state index is 11.7. The van der Waals surface area contributed by atoms with Crippen LogP contribution in [0.4, 0.5) is 0 Å². The second-order valence-electron chi connectivity index (χ2n) is 3.25. The van der Waals surface area contributed by atoms with Crippen LogP contribution in [0.3, 0.4) is 0 Å². The van der Waals surface area contributed by atoms with Crippen LogP contribution in [0, 0.1) is 0 Å². The molecule has 2 rings (SSSR count). The van der Waals surface area contributed by atoms with E-state index < -0.39 is 0 Å². The number of halogens is 1. The van der Waals surface area contributed by atoms with Crippen molar-refractivity contribution in [2.24, 2.45) is 0 Å². The van der Waals surface area contributed by atoms with Crippen LogP contribution in [0.5, 0.6) is 0 Å². The van der Waals surface area contributed by atoms with Crippen molar-refractivity contribution in [3.8, 4) is 0 Å². The van der Waals surface area contributed by atoms with E-state index in [9.17, 15) is 4.79 Å². The van der Waals surface area contributed by atoms with E-state index in [2.05, 4.69) is 36.2 Å². The smallest absolute Gasteiger partial charge is 0.253 e. The highest BCUT2D eigenvalue weighted by molar-refractivity contribution is 9.10. The number of rotatable bonds is 3. The third-order valence-corrected chi connectivity index (χ3v) is 2.53. The summed E-state index contributed by atoms with van der Waals surface area (Å²) in [5.74, 6) is -0.177. The number of hydrogen-bond acceptors (Lipinski definition) is 4. The molecule has 1 amide bonds. The molecular formula is C11H9BrN4O. The lowest BCUT2D eigenvalue weighted by molar-refractivity contribution is 0.0950. The van der Waals surface area contributed by atoms with Gasteiger partial charge in [-0.2, -0.15) is 0 Å². The first-order chi connectivity index (χ1) is 8.25. The Morgan fingerprint density at radius 3 is 2.82 bits per heavy atom. The molecule has 2 aromatic rings. The summed E-state index contributed by atoms with van der Waals surface area (Å²) >= 11 is 3.21. The Hall–Kier alpha value is -1.82. The number of hydrogen-bond donors (Lipinski definition) is 1. The molecule has 0 aliphatic heterocycles. The van der Waals surface area contributed by atoms with Crippen LogP contribution < -0.4 is 5.32 Å². The summed E-state index contributed by atoms with van der Waals surface area (Å²) < 4.78 is 0.699. The van der Waals surface area contributed by atoms with Crippen LogP contribution in [0.1, 0.15) is 16.1 Å². The molecule has 0 aliphatic rings. The van der Waals surface area contributed by atoms with Crippen molar-refractivity contribution in [1.82, 2.24) is 20.3 Å². The van der Waals surface area contributed by atoms with Gasteiger partial charge < -0.3 is 5.32 Å². The largest absolute Gasteiger partial charge is 0.346 e. The molecule has 0 atom stereocenters. The Balaban J connectivity index is 1.96. The van der Waals surface area contributed by atoms with Gasteiger partial charge in [-0.15, -0.1) is 0 Å². The molecule has 86 valence electrons. The summed E-state index contributed by atoms with van der Waals surface area (Å²) in [7, 11) is 0. The molecule has 0 aromatic carbocycles. The molecule has 5 nitrogen and oxygen atoms in total. The van der Waals surface area contributed by atoms with E-state index in [1.165, 1.54) is 12.5 Å². The number of aromatic nitrogens is 3. The van der Waals surface area contributed by atoms with Crippen LogP contribution in [0.15, 0.2) is 41.5 Å². The minimum Gasteiger partial charge on any atom is -0.346 e. The highest BCUT2D eigenvalue weighted by atomic mass is 79.9. The number of amides is 1. The summed E-state index contributed by atoms with van der Waals surface area (Å²) in [6, 6.07) is 5.17. The van der Waals surface area contributed by atoms with Crippen LogP contribution in [0.25, 0.3) is 0 Å². The van der Waals surface area contributed by atoms with Gasteiger partial charge in [0, 0.05) is 12.4 Å². The van der Waals surface area contributed by atoms with E-state index in [-0.39, 0.29) is 5.91 Å². The van der Waals surface area contributed by atoms with E-state index in [1.54, 1.807) is 24.4 Å². The minimum absolute atomic E-state index is 0.177. The molecule has 2 heterocycles. The number of carbonyl (C=O) groups is 1. The van der Waals surface area contributed by atoms with E-state index in [0.29, 0.717) is 16.7 Å². The van der Waals surface area contributed by atoms with Crippen LogP contribution >= 0.6 is 15.9 Å². The second kappa shape index (κ2) is 5.49. The molecule has 0 unspecified atom stereocenters. The Morgan fingerprint density at radius 2 is 2.18 bits per heavy atom. The highest BCUT2D eigenvalue weighted by Crippen LogP contribution is 2.06. The molecule has 0 aliphatic carbocycles. The molecule has 0 saturated carbocycles. The van der Waals surface area contributed by atoms with Crippen molar-refractivity contribution in [3.63, 3.8) is 0 Å². The molecule has 6 heteroatoms. The molecule has 0 fully saturated rings. The third-order valence-electron chi connectivity index (χ3n) is 2.06. The standard InChI is InChI=1S/C11H9BrN4O/c12-10-2-1-8(5-14-10)11(17)15-6-9-3-4-13-7-16-9/h1-5,7H,6H2,(H,15,17). The lowest BCUT2D eigenvalue weighted by Gasteiger charge is -2.04. The van der Waals surface area contributed by atoms with Gasteiger partial charge in [0.2, 0.25) is 0 Å². The van der Waals surface area contributed by atoms with Gasteiger partial charge >= 0.3 is 0 Å². The Morgan fingerprint density at radius 1 is 1.29 bits per heavy atom. The molecule has 0 spiro atoms. The number of carbonyl (C=O) groups excluding carboxylic acids is 1. The van der Waals surface area contributed by atoms with Crippen molar-refractivity contribution >= 4 is 21.8 Å². The van der Waals surface area contributed by atoms with Crippen LogP contribution in [-0.4, -0.2) is 20.9 Å². The first kappa shape index (κ1) is 11.7. The van der Waals surface area contributed by atoms with Gasteiger partial charge in [-0.1, -0.05) is 0 Å². The fraction of sp³-hybridized carbons (Fsp3) is 0.0909. The van der Waals surface area contributed by atoms with Gasteiger partial charge in [0.05, 0.1) is 17.8 Å². The topological polar surface area (TPSA) is 67.8 Å². The fourth-order valence-corrected chi connectivity index (χ4v) is 1.44. The van der Waals surface area contributed by atoms with Crippen LogP contribution in [0.2, 0.25) is 0 Å². The first-order valence-corrected chi connectivity index (χ1v) is 5.69. The molecule has 1 N–H and O–H groups in total. The fourth-order valence-electron chi connectivity index (χ4n) is 1.21.